The molecular formula is C31H60NO7S+. The van der Waals surface area contributed by atoms with Crippen molar-refractivity contribution in [3.8, 4) is 0 Å². The minimum Gasteiger partial charge on any atom is -0.463 e. The number of rotatable bonds is 28. The van der Waals surface area contributed by atoms with E-state index in [-0.39, 0.29) is 12.4 Å². The minimum absolute atomic E-state index is 0.158. The van der Waals surface area contributed by atoms with Gasteiger partial charge in [-0.2, -0.15) is 8.42 Å². The van der Waals surface area contributed by atoms with Crippen LogP contribution in [0.1, 0.15) is 130 Å². The summed E-state index contributed by atoms with van der Waals surface area (Å²) in [5.41, 5.74) is 0. The fourth-order valence-electron chi connectivity index (χ4n) is 4.95. The molecule has 40 heavy (non-hydrogen) atoms. The predicted molar refractivity (Wildman–Crippen MR) is 163 cm³/mol. The molecule has 1 N–H and O–H groups in total. The highest BCUT2D eigenvalue weighted by Crippen LogP contribution is 2.14. The molecule has 0 aromatic rings. The number of unbranched alkanes of at least 4 members (excludes halogenated alkanes) is 15. The van der Waals surface area contributed by atoms with Gasteiger partial charge >= 0.3 is 11.9 Å². The second-order valence-corrected chi connectivity index (χ2v) is 12.6. The topological polar surface area (TPSA) is 107 Å². The fourth-order valence-corrected chi connectivity index (χ4v) is 5.44. The number of esters is 2. The summed E-state index contributed by atoms with van der Waals surface area (Å²) in [6, 6.07) is 0. The molecule has 0 bridgehead atoms. The number of likely N-dealkylation sites (N-methyl/N-ethyl adjacent to an activating group) is 1. The SMILES string of the molecule is CCCCCCCCCCCCCCCCCCOC(=O)/C=C\C(=O)OCC[N+](CC)(CC)CCCS(=O)(=O)O. The minimum atomic E-state index is -3.98. The zero-order valence-electron chi connectivity index (χ0n) is 25.9. The zero-order valence-corrected chi connectivity index (χ0v) is 26.7. The average Bonchev–Trinajstić information content (AvgIpc) is 2.92. The van der Waals surface area contributed by atoms with Crippen LogP contribution in [0.2, 0.25) is 0 Å². The Kier molecular flexibility index (Phi) is 24.4. The highest BCUT2D eigenvalue weighted by Gasteiger charge is 2.24. The number of quaternary nitrogens is 1. The number of carbonyl (C=O) groups excluding carboxylic acids is 2. The average molecular weight is 591 g/mol. The van der Waals surface area contributed by atoms with E-state index in [1.165, 1.54) is 83.5 Å². The lowest BCUT2D eigenvalue weighted by Crippen LogP contribution is -2.50. The van der Waals surface area contributed by atoms with Gasteiger partial charge < -0.3 is 14.0 Å². The smallest absolute Gasteiger partial charge is 0.331 e. The van der Waals surface area contributed by atoms with Crippen LogP contribution in [0.25, 0.3) is 0 Å². The lowest BCUT2D eigenvalue weighted by molar-refractivity contribution is -0.925. The third kappa shape index (κ3) is 24.4. The van der Waals surface area contributed by atoms with Crippen LogP contribution in [0, 0.1) is 0 Å². The van der Waals surface area contributed by atoms with Crippen LogP contribution in [-0.2, 0) is 29.2 Å². The maximum Gasteiger partial charge on any atom is 0.331 e. The summed E-state index contributed by atoms with van der Waals surface area (Å²) in [4.78, 5) is 23.8. The summed E-state index contributed by atoms with van der Waals surface area (Å²) in [5.74, 6) is -1.44. The van der Waals surface area contributed by atoms with Crippen molar-refractivity contribution in [1.29, 1.82) is 0 Å². The van der Waals surface area contributed by atoms with Crippen LogP contribution in [0.5, 0.6) is 0 Å². The quantitative estimate of drug-likeness (QED) is 0.0343. The van der Waals surface area contributed by atoms with E-state index in [0.717, 1.165) is 44.5 Å². The summed E-state index contributed by atoms with van der Waals surface area (Å²) in [6.45, 7) is 9.36. The van der Waals surface area contributed by atoms with Crippen LogP contribution in [0.3, 0.4) is 0 Å². The molecule has 0 aromatic heterocycles. The number of ether oxygens (including phenoxy) is 2. The van der Waals surface area contributed by atoms with Crippen LogP contribution in [-0.4, -0.2) is 74.5 Å². The molecule has 0 spiro atoms. The molecule has 0 atom stereocenters. The molecule has 0 rings (SSSR count). The van der Waals surface area contributed by atoms with E-state index >= 15 is 0 Å². The fraction of sp³-hybridized carbons (Fsp3) is 0.871. The molecule has 0 saturated carbocycles. The van der Waals surface area contributed by atoms with E-state index in [1.807, 2.05) is 13.8 Å². The largest absolute Gasteiger partial charge is 0.463 e. The van der Waals surface area contributed by atoms with Crippen molar-refractivity contribution >= 4 is 22.1 Å². The van der Waals surface area contributed by atoms with Gasteiger partial charge in [0.15, 0.2) is 0 Å². The van der Waals surface area contributed by atoms with E-state index in [0.29, 0.717) is 30.6 Å². The first-order valence-electron chi connectivity index (χ1n) is 16.0. The van der Waals surface area contributed by atoms with Crippen LogP contribution in [0.15, 0.2) is 12.2 Å². The second kappa shape index (κ2) is 25.3. The van der Waals surface area contributed by atoms with E-state index in [1.54, 1.807) is 0 Å². The molecule has 0 heterocycles. The lowest BCUT2D eigenvalue weighted by atomic mass is 10.0. The normalized spacial score (nSPS) is 12.2. The molecule has 0 amide bonds. The van der Waals surface area contributed by atoms with Gasteiger partial charge in [-0.05, 0) is 20.3 Å². The molecule has 9 heteroatoms. The summed E-state index contributed by atoms with van der Waals surface area (Å²) >= 11 is 0. The Morgan fingerprint density at radius 2 is 1.00 bits per heavy atom. The van der Waals surface area contributed by atoms with Gasteiger partial charge in [0.05, 0.1) is 32.0 Å². The molecule has 0 aliphatic rings. The van der Waals surface area contributed by atoms with Gasteiger partial charge in [-0.25, -0.2) is 9.59 Å². The van der Waals surface area contributed by atoms with Crippen LogP contribution >= 0.6 is 0 Å². The molecule has 0 aliphatic carbocycles. The van der Waals surface area contributed by atoms with Crippen molar-refractivity contribution in [3.05, 3.63) is 12.2 Å². The highest BCUT2D eigenvalue weighted by atomic mass is 32.2. The van der Waals surface area contributed by atoms with Crippen molar-refractivity contribution in [1.82, 2.24) is 0 Å². The number of carbonyl (C=O) groups is 2. The van der Waals surface area contributed by atoms with Gasteiger partial charge in [0.25, 0.3) is 10.1 Å². The first kappa shape index (κ1) is 38.5. The van der Waals surface area contributed by atoms with E-state index in [9.17, 15) is 18.0 Å². The first-order chi connectivity index (χ1) is 19.2. The molecule has 0 aromatic carbocycles. The molecule has 236 valence electrons. The molecular weight excluding hydrogens is 530 g/mol. The molecule has 0 radical (unpaired) electrons. The number of hydrogen-bond acceptors (Lipinski definition) is 6. The van der Waals surface area contributed by atoms with E-state index in [4.69, 9.17) is 14.0 Å². The first-order valence-corrected chi connectivity index (χ1v) is 17.6. The third-order valence-electron chi connectivity index (χ3n) is 7.78. The molecule has 8 nitrogen and oxygen atoms in total. The second-order valence-electron chi connectivity index (χ2n) is 11.0. The van der Waals surface area contributed by atoms with Crippen molar-refractivity contribution in [2.24, 2.45) is 0 Å². The predicted octanol–water partition coefficient (Wildman–Crippen LogP) is 7.03. The summed E-state index contributed by atoms with van der Waals surface area (Å²) < 4.78 is 41.8. The summed E-state index contributed by atoms with van der Waals surface area (Å²) in [5, 5.41) is 0. The van der Waals surface area contributed by atoms with E-state index in [2.05, 4.69) is 6.92 Å². The molecule has 0 fully saturated rings. The van der Waals surface area contributed by atoms with Gasteiger partial charge in [0.2, 0.25) is 0 Å². The Morgan fingerprint density at radius 3 is 1.40 bits per heavy atom. The Morgan fingerprint density at radius 1 is 0.600 bits per heavy atom. The van der Waals surface area contributed by atoms with Crippen LogP contribution in [0.4, 0.5) is 0 Å². The third-order valence-corrected chi connectivity index (χ3v) is 8.59. The Bertz CT molecular complexity index is 764. The van der Waals surface area contributed by atoms with Crippen LogP contribution < -0.4 is 0 Å². The summed E-state index contributed by atoms with van der Waals surface area (Å²) in [7, 11) is -3.98. The standard InChI is InChI=1S/C31H59NO7S/c1-4-7-8-9-10-11-12-13-14-15-16-17-18-19-20-21-27-38-30(33)23-24-31(34)39-28-26-32(5-2,6-3)25-22-29-40(35,36)37/h23-24H,4-22,25-29H2,1-3H3/p+1/b24-23-. The van der Waals surface area contributed by atoms with Gasteiger partial charge in [-0.3, -0.25) is 4.55 Å². The van der Waals surface area contributed by atoms with Crippen molar-refractivity contribution < 1.29 is 36.5 Å². The Balaban J connectivity index is 3.74. The van der Waals surface area contributed by atoms with Crippen molar-refractivity contribution in [3.63, 3.8) is 0 Å². The van der Waals surface area contributed by atoms with Gasteiger partial charge in [0.1, 0.15) is 13.2 Å². The van der Waals surface area contributed by atoms with Crippen molar-refractivity contribution in [2.45, 2.75) is 130 Å². The molecule has 0 saturated heterocycles. The Labute approximate surface area is 245 Å². The Hall–Kier alpha value is -1.45. The summed E-state index contributed by atoms with van der Waals surface area (Å²) in [6.07, 6.45) is 23.2. The number of nitrogens with zero attached hydrogens (tertiary/aromatic N) is 1. The van der Waals surface area contributed by atoms with E-state index < -0.39 is 22.1 Å². The number of hydrogen-bond donors (Lipinski definition) is 1. The van der Waals surface area contributed by atoms with Crippen molar-refractivity contribution in [2.75, 3.05) is 45.1 Å². The van der Waals surface area contributed by atoms with Gasteiger partial charge in [-0.1, -0.05) is 103 Å². The van der Waals surface area contributed by atoms with Gasteiger partial charge in [-0.15, -0.1) is 0 Å². The molecule has 0 aliphatic heterocycles. The maximum absolute atomic E-state index is 12.0. The highest BCUT2D eigenvalue weighted by molar-refractivity contribution is 7.85. The maximum atomic E-state index is 12.0. The van der Waals surface area contributed by atoms with Gasteiger partial charge in [0, 0.05) is 18.6 Å². The zero-order chi connectivity index (χ0) is 30.0. The molecule has 0 unspecified atom stereocenters. The lowest BCUT2D eigenvalue weighted by Gasteiger charge is -2.36. The monoisotopic (exact) mass is 590 g/mol.